The van der Waals surface area contributed by atoms with E-state index in [2.05, 4.69) is 4.90 Å². The van der Waals surface area contributed by atoms with Gasteiger partial charge in [0, 0.05) is 13.1 Å². The van der Waals surface area contributed by atoms with Gasteiger partial charge in [-0.1, -0.05) is 30.3 Å². The topological polar surface area (TPSA) is 40.6 Å². The number of amides is 2. The van der Waals surface area contributed by atoms with Gasteiger partial charge in [0.2, 0.25) is 11.8 Å². The quantitative estimate of drug-likeness (QED) is 0.720. The average Bonchev–Trinajstić information content (AvgIpc) is 2.85. The molecule has 4 heteroatoms. The van der Waals surface area contributed by atoms with Crippen molar-refractivity contribution in [3.63, 3.8) is 0 Å². The number of fused-ring (bicyclic) bond motifs is 1. The number of carbonyl (C=O) groups excluding carboxylic acids is 2. The largest absolute Gasteiger partial charge is 0.305 e. The van der Waals surface area contributed by atoms with Gasteiger partial charge in [-0.25, -0.2) is 0 Å². The van der Waals surface area contributed by atoms with Gasteiger partial charge in [0.15, 0.2) is 0 Å². The lowest BCUT2D eigenvalue weighted by atomic mass is 10.00. The van der Waals surface area contributed by atoms with Gasteiger partial charge >= 0.3 is 0 Å². The van der Waals surface area contributed by atoms with E-state index in [0.717, 1.165) is 5.56 Å². The van der Waals surface area contributed by atoms with E-state index in [-0.39, 0.29) is 23.7 Å². The normalized spacial score (nSPS) is 27.9. The molecule has 0 aromatic heterocycles. The van der Waals surface area contributed by atoms with Crippen LogP contribution in [0.15, 0.2) is 30.3 Å². The number of imide groups is 1. The summed E-state index contributed by atoms with van der Waals surface area (Å²) in [7, 11) is 1.96. The third-order valence-corrected chi connectivity index (χ3v) is 3.85. The molecule has 2 aliphatic heterocycles. The van der Waals surface area contributed by atoms with Crippen LogP contribution in [0.2, 0.25) is 0 Å². The second-order valence-corrected chi connectivity index (χ2v) is 5.18. The first-order valence-corrected chi connectivity index (χ1v) is 6.24. The Morgan fingerprint density at radius 3 is 2.17 bits per heavy atom. The van der Waals surface area contributed by atoms with Gasteiger partial charge in [-0.2, -0.15) is 0 Å². The highest BCUT2D eigenvalue weighted by molar-refractivity contribution is 6.05. The van der Waals surface area contributed by atoms with Crippen molar-refractivity contribution in [2.45, 2.75) is 6.54 Å². The maximum Gasteiger partial charge on any atom is 0.234 e. The SMILES string of the molecule is CN1C[C@@H]2C(=O)N(Cc3ccccc3)C(=O)[C@H]2C1. The smallest absolute Gasteiger partial charge is 0.234 e. The van der Waals surface area contributed by atoms with Gasteiger partial charge in [-0.15, -0.1) is 0 Å². The van der Waals surface area contributed by atoms with Crippen molar-refractivity contribution in [3.05, 3.63) is 35.9 Å². The molecule has 0 spiro atoms. The fourth-order valence-electron chi connectivity index (χ4n) is 2.93. The molecule has 94 valence electrons. The molecule has 0 saturated carbocycles. The molecule has 0 N–H and O–H groups in total. The summed E-state index contributed by atoms with van der Waals surface area (Å²) < 4.78 is 0. The van der Waals surface area contributed by atoms with E-state index in [1.807, 2.05) is 37.4 Å². The van der Waals surface area contributed by atoms with Crippen LogP contribution in [0.3, 0.4) is 0 Å². The van der Waals surface area contributed by atoms with Crippen molar-refractivity contribution < 1.29 is 9.59 Å². The van der Waals surface area contributed by atoms with Crippen LogP contribution in [0.25, 0.3) is 0 Å². The number of benzene rings is 1. The third-order valence-electron chi connectivity index (χ3n) is 3.85. The van der Waals surface area contributed by atoms with E-state index in [0.29, 0.717) is 19.6 Å². The zero-order valence-electron chi connectivity index (χ0n) is 10.4. The van der Waals surface area contributed by atoms with E-state index in [1.165, 1.54) is 4.90 Å². The van der Waals surface area contributed by atoms with Crippen molar-refractivity contribution in [2.75, 3.05) is 20.1 Å². The number of hydrogen-bond donors (Lipinski definition) is 0. The highest BCUT2D eigenvalue weighted by Gasteiger charge is 2.51. The minimum atomic E-state index is -0.119. The highest BCUT2D eigenvalue weighted by atomic mass is 16.2. The lowest BCUT2D eigenvalue weighted by molar-refractivity contribution is -0.141. The van der Waals surface area contributed by atoms with Crippen molar-refractivity contribution >= 4 is 11.8 Å². The Balaban J connectivity index is 1.79. The molecular formula is C14H16N2O2. The summed E-state index contributed by atoms with van der Waals surface area (Å²) >= 11 is 0. The number of nitrogens with zero attached hydrogens (tertiary/aromatic N) is 2. The molecule has 18 heavy (non-hydrogen) atoms. The molecule has 3 rings (SSSR count). The monoisotopic (exact) mass is 244 g/mol. The van der Waals surface area contributed by atoms with Crippen molar-refractivity contribution in [1.82, 2.24) is 9.80 Å². The van der Waals surface area contributed by atoms with Gasteiger partial charge in [-0.05, 0) is 12.6 Å². The molecule has 0 bridgehead atoms. The molecular weight excluding hydrogens is 228 g/mol. The molecule has 2 amide bonds. The molecule has 4 nitrogen and oxygen atoms in total. The van der Waals surface area contributed by atoms with Gasteiger partial charge in [-0.3, -0.25) is 14.5 Å². The third kappa shape index (κ3) is 1.73. The molecule has 2 saturated heterocycles. The number of likely N-dealkylation sites (tertiary alicyclic amines) is 2. The zero-order chi connectivity index (χ0) is 12.7. The second kappa shape index (κ2) is 4.21. The van der Waals surface area contributed by atoms with Crippen molar-refractivity contribution in [2.24, 2.45) is 11.8 Å². The zero-order valence-corrected chi connectivity index (χ0v) is 10.4. The Morgan fingerprint density at radius 2 is 1.61 bits per heavy atom. The molecule has 1 aromatic carbocycles. The van der Waals surface area contributed by atoms with Crippen LogP contribution >= 0.6 is 0 Å². The van der Waals surface area contributed by atoms with E-state index in [1.54, 1.807) is 0 Å². The first-order chi connectivity index (χ1) is 8.66. The fraction of sp³-hybridized carbons (Fsp3) is 0.429. The Morgan fingerprint density at radius 1 is 1.06 bits per heavy atom. The van der Waals surface area contributed by atoms with E-state index >= 15 is 0 Å². The molecule has 0 unspecified atom stereocenters. The van der Waals surface area contributed by atoms with E-state index in [4.69, 9.17) is 0 Å². The minimum Gasteiger partial charge on any atom is -0.305 e. The number of rotatable bonds is 2. The minimum absolute atomic E-state index is 0.00166. The first-order valence-electron chi connectivity index (χ1n) is 6.24. The van der Waals surface area contributed by atoms with Crippen molar-refractivity contribution in [3.8, 4) is 0 Å². The molecule has 0 radical (unpaired) electrons. The Bertz CT molecular complexity index is 462. The second-order valence-electron chi connectivity index (χ2n) is 5.18. The molecule has 2 aliphatic rings. The maximum atomic E-state index is 12.2. The van der Waals surface area contributed by atoms with Gasteiger partial charge in [0.25, 0.3) is 0 Å². The molecule has 2 heterocycles. The Labute approximate surface area is 106 Å². The predicted molar refractivity (Wildman–Crippen MR) is 66.5 cm³/mol. The Hall–Kier alpha value is -1.68. The van der Waals surface area contributed by atoms with Gasteiger partial charge < -0.3 is 4.90 Å². The fourth-order valence-corrected chi connectivity index (χ4v) is 2.93. The average molecular weight is 244 g/mol. The van der Waals surface area contributed by atoms with Gasteiger partial charge in [0.1, 0.15) is 0 Å². The molecule has 1 aromatic rings. The van der Waals surface area contributed by atoms with Crippen LogP contribution in [0.4, 0.5) is 0 Å². The van der Waals surface area contributed by atoms with Crippen LogP contribution in [0.5, 0.6) is 0 Å². The van der Waals surface area contributed by atoms with Crippen LogP contribution in [0, 0.1) is 11.8 Å². The number of hydrogen-bond acceptors (Lipinski definition) is 3. The van der Waals surface area contributed by atoms with E-state index < -0.39 is 0 Å². The summed E-state index contributed by atoms with van der Waals surface area (Å²) in [4.78, 5) is 27.9. The van der Waals surface area contributed by atoms with Crippen LogP contribution in [0.1, 0.15) is 5.56 Å². The summed E-state index contributed by atoms with van der Waals surface area (Å²) in [6.07, 6.45) is 0. The van der Waals surface area contributed by atoms with Crippen molar-refractivity contribution in [1.29, 1.82) is 0 Å². The summed E-state index contributed by atoms with van der Waals surface area (Å²) in [6.45, 7) is 1.83. The first kappa shape index (κ1) is 11.4. The van der Waals surface area contributed by atoms with Crippen LogP contribution < -0.4 is 0 Å². The Kier molecular flexibility index (Phi) is 2.67. The summed E-state index contributed by atoms with van der Waals surface area (Å²) in [5.74, 6) is -0.242. The molecule has 0 aliphatic carbocycles. The molecule has 2 atom stereocenters. The summed E-state index contributed by atoms with van der Waals surface area (Å²) in [6, 6.07) is 9.67. The summed E-state index contributed by atoms with van der Waals surface area (Å²) in [5, 5.41) is 0. The number of carbonyl (C=O) groups is 2. The lowest BCUT2D eigenvalue weighted by Crippen LogP contribution is -2.34. The summed E-state index contributed by atoms with van der Waals surface area (Å²) in [5.41, 5.74) is 1.01. The van der Waals surface area contributed by atoms with Gasteiger partial charge in [0.05, 0.1) is 18.4 Å². The molecule has 2 fully saturated rings. The van der Waals surface area contributed by atoms with E-state index in [9.17, 15) is 9.59 Å². The maximum absolute atomic E-state index is 12.2. The highest BCUT2D eigenvalue weighted by Crippen LogP contribution is 2.33. The standard InChI is InChI=1S/C14H16N2O2/c1-15-8-11-12(9-15)14(18)16(13(11)17)7-10-5-3-2-4-6-10/h2-6,11-12H,7-9H2,1H3/t11-,12-/m0/s1. The van der Waals surface area contributed by atoms with Crippen LogP contribution in [-0.2, 0) is 16.1 Å². The lowest BCUT2D eigenvalue weighted by Gasteiger charge is -2.17. The predicted octanol–water partition coefficient (Wildman–Crippen LogP) is 0.733. The van der Waals surface area contributed by atoms with Crippen LogP contribution in [-0.4, -0.2) is 41.8 Å².